The van der Waals surface area contributed by atoms with Gasteiger partial charge in [0.25, 0.3) is 0 Å². The van der Waals surface area contributed by atoms with E-state index in [2.05, 4.69) is 226 Å². The van der Waals surface area contributed by atoms with Gasteiger partial charge in [0, 0.05) is 34.1 Å². The van der Waals surface area contributed by atoms with Crippen molar-refractivity contribution in [3.63, 3.8) is 0 Å². The first-order valence-electron chi connectivity index (χ1n) is 20.9. The van der Waals surface area contributed by atoms with Gasteiger partial charge in [0.15, 0.2) is 0 Å². The zero-order valence-corrected chi connectivity index (χ0v) is 34.4. The monoisotopic (exact) mass is 754 g/mol. The van der Waals surface area contributed by atoms with E-state index in [0.29, 0.717) is 5.92 Å². The molecule has 0 bridgehead atoms. The highest BCUT2D eigenvalue weighted by Crippen LogP contribution is 2.36. The van der Waals surface area contributed by atoms with Gasteiger partial charge in [-0.25, -0.2) is 0 Å². The van der Waals surface area contributed by atoms with E-state index in [4.69, 9.17) is 0 Å². The largest absolute Gasteiger partial charge is 0.314 e. The van der Waals surface area contributed by atoms with E-state index in [1.54, 1.807) is 0 Å². The summed E-state index contributed by atoms with van der Waals surface area (Å²) in [5.74, 6) is 0.367. The van der Waals surface area contributed by atoms with Gasteiger partial charge in [-0.1, -0.05) is 150 Å². The third-order valence-corrected chi connectivity index (χ3v) is 11.5. The van der Waals surface area contributed by atoms with Crippen molar-refractivity contribution in [2.45, 2.75) is 59.8 Å². The average molecular weight is 755 g/mol. The van der Waals surface area contributed by atoms with E-state index in [1.807, 2.05) is 0 Å². The number of aryl methyl sites for hydroxylation is 3. The van der Waals surface area contributed by atoms with E-state index < -0.39 is 0 Å². The van der Waals surface area contributed by atoms with Crippen LogP contribution in [0.4, 0.5) is 22.7 Å². The number of allylic oxidation sites excluding steroid dienone is 13. The summed E-state index contributed by atoms with van der Waals surface area (Å²) in [7, 11) is 0. The molecular formula is C56H54N2. The smallest absolute Gasteiger partial charge is 0.0461 e. The third-order valence-electron chi connectivity index (χ3n) is 11.5. The molecule has 1 unspecified atom stereocenters. The highest BCUT2D eigenvalue weighted by atomic mass is 15.2. The molecular weight excluding hydrogens is 701 g/mol. The van der Waals surface area contributed by atoms with Gasteiger partial charge in [-0.15, -0.1) is 0 Å². The number of hydrogen-bond donors (Lipinski definition) is 0. The molecule has 0 aliphatic heterocycles. The normalized spacial score (nSPS) is 16.8. The van der Waals surface area contributed by atoms with Gasteiger partial charge >= 0.3 is 0 Å². The zero-order chi connectivity index (χ0) is 39.8. The molecule has 0 N–H and O–H groups in total. The Morgan fingerprint density at radius 3 is 1.55 bits per heavy atom. The number of nitrogens with zero attached hydrogens (tertiary/aromatic N) is 2. The average Bonchev–Trinajstić information content (AvgIpc) is 3.26. The molecule has 2 nitrogen and oxygen atoms in total. The summed E-state index contributed by atoms with van der Waals surface area (Å²) in [6.07, 6.45) is 30.5. The van der Waals surface area contributed by atoms with Crippen LogP contribution in [0.2, 0.25) is 0 Å². The second kappa shape index (κ2) is 17.8. The summed E-state index contributed by atoms with van der Waals surface area (Å²) >= 11 is 0. The van der Waals surface area contributed by atoms with Gasteiger partial charge in [0.05, 0.1) is 0 Å². The summed E-state index contributed by atoms with van der Waals surface area (Å²) in [4.78, 5) is 4.76. The molecule has 0 fully saturated rings. The van der Waals surface area contributed by atoms with E-state index in [0.717, 1.165) is 32.1 Å². The topological polar surface area (TPSA) is 6.48 Å². The Morgan fingerprint density at radius 2 is 1.03 bits per heavy atom. The Kier molecular flexibility index (Phi) is 11.8. The fraction of sp³-hybridized carbons (Fsp3) is 0.179. The first kappa shape index (κ1) is 38.5. The Hall–Kier alpha value is -6.38. The van der Waals surface area contributed by atoms with E-state index in [9.17, 15) is 0 Å². The number of anilines is 4. The summed E-state index contributed by atoms with van der Waals surface area (Å²) in [6, 6.07) is 44.5. The van der Waals surface area contributed by atoms with Crippen LogP contribution >= 0.6 is 0 Å². The van der Waals surface area contributed by atoms with Gasteiger partial charge in [-0.2, -0.15) is 0 Å². The number of rotatable bonds is 11. The molecule has 0 saturated heterocycles. The predicted octanol–water partition coefficient (Wildman–Crippen LogP) is 15.5. The first-order valence-corrected chi connectivity index (χ1v) is 20.9. The van der Waals surface area contributed by atoms with Crippen LogP contribution in [-0.2, 0) is 0 Å². The maximum absolute atomic E-state index is 2.41. The van der Waals surface area contributed by atoms with Crippen molar-refractivity contribution >= 4 is 40.5 Å². The molecule has 58 heavy (non-hydrogen) atoms. The number of hydrogen-bond acceptors (Lipinski definition) is 2. The van der Waals surface area contributed by atoms with Crippen molar-refractivity contribution in [2.75, 3.05) is 9.80 Å². The van der Waals surface area contributed by atoms with E-state index >= 15 is 0 Å². The van der Waals surface area contributed by atoms with Crippen molar-refractivity contribution in [3.8, 4) is 0 Å². The highest BCUT2D eigenvalue weighted by Gasteiger charge is 2.18. The Labute approximate surface area is 346 Å². The minimum atomic E-state index is 0.367. The molecule has 0 heterocycles. The standard InChI is InChI=1S/C56H54N2/c1-41-5-29-51(30-6-41)57(52-31-7-42(2)8-32-52)55-37-21-47(22-38-55)15-13-45-17-25-49(26-18-45)50-27-19-46(20-28-50)14-16-48-23-39-56(40-24-48)58(53-33-9-43(3)10-34-53)54-35-11-44(4)12-36-54/h5-11,13-19,21,23-27,29-35,37-40,47H,12,20,22,28,36H2,1-4H3/b15-13+,16-14+. The lowest BCUT2D eigenvalue weighted by atomic mass is 9.92. The van der Waals surface area contributed by atoms with E-state index in [-0.39, 0.29) is 0 Å². The fourth-order valence-corrected chi connectivity index (χ4v) is 7.87. The minimum absolute atomic E-state index is 0.367. The molecule has 288 valence electrons. The minimum Gasteiger partial charge on any atom is -0.314 e. The van der Waals surface area contributed by atoms with Crippen LogP contribution in [0, 0.1) is 26.7 Å². The van der Waals surface area contributed by atoms with Crippen LogP contribution in [0.3, 0.4) is 0 Å². The molecule has 0 radical (unpaired) electrons. The lowest BCUT2D eigenvalue weighted by Gasteiger charge is -2.29. The molecule has 5 aromatic carbocycles. The molecule has 3 aliphatic carbocycles. The molecule has 0 saturated carbocycles. The van der Waals surface area contributed by atoms with Crippen molar-refractivity contribution in [3.05, 3.63) is 232 Å². The molecule has 2 heteroatoms. The molecule has 0 aromatic heterocycles. The quantitative estimate of drug-likeness (QED) is 0.132. The van der Waals surface area contributed by atoms with Gasteiger partial charge in [-0.05, 0) is 154 Å². The van der Waals surface area contributed by atoms with Crippen molar-refractivity contribution < 1.29 is 0 Å². The Bertz CT molecular complexity index is 2420. The Morgan fingerprint density at radius 1 is 0.483 bits per heavy atom. The van der Waals surface area contributed by atoms with Crippen LogP contribution in [0.25, 0.3) is 17.7 Å². The van der Waals surface area contributed by atoms with Crippen LogP contribution in [0.1, 0.15) is 72.4 Å². The second-order valence-corrected chi connectivity index (χ2v) is 16.1. The van der Waals surface area contributed by atoms with Gasteiger partial charge in [-0.3, -0.25) is 0 Å². The van der Waals surface area contributed by atoms with Crippen LogP contribution in [0.15, 0.2) is 199 Å². The molecule has 8 rings (SSSR count). The second-order valence-electron chi connectivity index (χ2n) is 16.1. The maximum Gasteiger partial charge on any atom is 0.0461 e. The summed E-state index contributed by atoms with van der Waals surface area (Å²) in [6.45, 7) is 8.64. The lowest BCUT2D eigenvalue weighted by molar-refractivity contribution is 0.813. The fourth-order valence-electron chi connectivity index (χ4n) is 7.87. The number of benzene rings is 5. The van der Waals surface area contributed by atoms with Crippen LogP contribution < -0.4 is 9.80 Å². The molecule has 3 aliphatic rings. The lowest BCUT2D eigenvalue weighted by Crippen LogP contribution is -2.17. The molecule has 0 amide bonds. The highest BCUT2D eigenvalue weighted by molar-refractivity contribution is 5.74. The Balaban J connectivity index is 0.881. The summed E-state index contributed by atoms with van der Waals surface area (Å²) in [5, 5.41) is 0. The van der Waals surface area contributed by atoms with Gasteiger partial charge in [0.2, 0.25) is 0 Å². The molecule has 5 aromatic rings. The summed E-state index contributed by atoms with van der Waals surface area (Å²) in [5.41, 5.74) is 19.1. The summed E-state index contributed by atoms with van der Waals surface area (Å²) < 4.78 is 0. The van der Waals surface area contributed by atoms with Crippen LogP contribution in [-0.4, -0.2) is 0 Å². The van der Waals surface area contributed by atoms with Gasteiger partial charge in [0.1, 0.15) is 0 Å². The van der Waals surface area contributed by atoms with E-state index in [1.165, 1.54) is 84.2 Å². The first-order chi connectivity index (χ1) is 28.3. The van der Waals surface area contributed by atoms with Crippen molar-refractivity contribution in [1.82, 2.24) is 0 Å². The maximum atomic E-state index is 2.41. The van der Waals surface area contributed by atoms with Crippen molar-refractivity contribution in [2.24, 2.45) is 5.92 Å². The van der Waals surface area contributed by atoms with Crippen molar-refractivity contribution in [1.29, 1.82) is 0 Å². The predicted molar refractivity (Wildman–Crippen MR) is 250 cm³/mol. The van der Waals surface area contributed by atoms with Gasteiger partial charge < -0.3 is 9.80 Å². The molecule has 1 atom stereocenters. The van der Waals surface area contributed by atoms with Crippen LogP contribution in [0.5, 0.6) is 0 Å². The molecule has 0 spiro atoms. The third kappa shape index (κ3) is 9.41. The SMILES string of the molecule is CC1=CC=C(N(c2ccc(C)cc2)c2ccc(/C=C/C3=CC=C(c4ccc(/C=C/C5C=CC(N(c6ccc(C)cc6)c6ccc(C)cc6)=CC5)cc4)CC3)cc2)CC1. The zero-order valence-electron chi connectivity index (χ0n) is 34.4.